The second kappa shape index (κ2) is 31.1. The average Bonchev–Trinajstić information content (AvgIpc) is 3.12. The summed E-state index contributed by atoms with van der Waals surface area (Å²) in [7, 11) is -5.01. The molecule has 0 aliphatic heterocycles. The number of carbonyl (C=O) groups is 1. The average molecular weight is 765 g/mol. The van der Waals surface area contributed by atoms with Crippen LogP contribution in [0.15, 0.2) is 24.3 Å². The first-order chi connectivity index (χ1) is 25.0. The molecular formula is C39H73O12P. The summed E-state index contributed by atoms with van der Waals surface area (Å²) in [5, 5.41) is 50.0. The predicted molar refractivity (Wildman–Crippen MR) is 203 cm³/mol. The fourth-order valence-corrected chi connectivity index (χ4v) is 6.96. The molecule has 0 aromatic heterocycles. The summed E-state index contributed by atoms with van der Waals surface area (Å²) in [6.45, 7) is 4.16. The van der Waals surface area contributed by atoms with Gasteiger partial charge in [0.15, 0.2) is 0 Å². The van der Waals surface area contributed by atoms with E-state index in [4.69, 9.17) is 18.5 Å². The van der Waals surface area contributed by atoms with Crippen LogP contribution in [0, 0.1) is 0 Å². The zero-order valence-corrected chi connectivity index (χ0v) is 33.0. The Labute approximate surface area is 313 Å². The van der Waals surface area contributed by atoms with E-state index in [0.717, 1.165) is 70.6 Å². The van der Waals surface area contributed by atoms with Gasteiger partial charge in [-0.1, -0.05) is 109 Å². The van der Waals surface area contributed by atoms with Gasteiger partial charge in [-0.05, 0) is 64.2 Å². The van der Waals surface area contributed by atoms with Gasteiger partial charge in [-0.15, -0.1) is 0 Å². The Morgan fingerprint density at radius 2 is 1.02 bits per heavy atom. The van der Waals surface area contributed by atoms with Crippen molar-refractivity contribution >= 4 is 13.8 Å². The van der Waals surface area contributed by atoms with Crippen LogP contribution in [-0.4, -0.2) is 98.9 Å². The standard InChI is InChI=1S/C39H73O12P/c1-3-5-7-9-11-13-15-17-19-21-23-25-27-29-48-30-32(50-33(40)28-26-24-22-20-18-16-14-12-10-8-6-4-2)31-49-52(46,47)51-39-37(44)35(42)34(41)36(43)38(39)45/h11-14,32,34-39,41-45H,3-10,15-31H2,1-2H3,(H,46,47)/b13-11-,14-12-. The molecule has 0 aromatic rings. The molecule has 0 heterocycles. The molecule has 13 heteroatoms. The van der Waals surface area contributed by atoms with E-state index in [-0.39, 0.29) is 13.0 Å². The first-order valence-corrected chi connectivity index (χ1v) is 21.7. The molecule has 1 aliphatic rings. The molecule has 0 radical (unpaired) electrons. The van der Waals surface area contributed by atoms with Crippen LogP contribution in [0.3, 0.4) is 0 Å². The molecule has 0 saturated heterocycles. The van der Waals surface area contributed by atoms with Crippen LogP contribution >= 0.6 is 7.82 Å². The van der Waals surface area contributed by atoms with Crippen LogP contribution in [0.4, 0.5) is 0 Å². The number of hydrogen-bond acceptors (Lipinski definition) is 11. The monoisotopic (exact) mass is 764 g/mol. The van der Waals surface area contributed by atoms with Crippen LogP contribution < -0.4 is 0 Å². The fourth-order valence-electron chi connectivity index (χ4n) is 5.99. The van der Waals surface area contributed by atoms with E-state index < -0.39 is 63.1 Å². The Hall–Kier alpha value is -1.18. The molecule has 6 atom stereocenters. The molecular weight excluding hydrogens is 691 g/mol. The highest BCUT2D eigenvalue weighted by molar-refractivity contribution is 7.47. The van der Waals surface area contributed by atoms with Gasteiger partial charge in [0.1, 0.15) is 42.7 Å². The number of aliphatic hydroxyl groups is 5. The van der Waals surface area contributed by atoms with E-state index in [0.29, 0.717) is 13.0 Å². The molecule has 0 amide bonds. The molecule has 1 fully saturated rings. The minimum atomic E-state index is -5.01. The highest BCUT2D eigenvalue weighted by Crippen LogP contribution is 2.47. The van der Waals surface area contributed by atoms with Crippen molar-refractivity contribution in [1.82, 2.24) is 0 Å². The number of carbonyl (C=O) groups excluding carboxylic acids is 1. The summed E-state index contributed by atoms with van der Waals surface area (Å²) in [5.74, 6) is -0.491. The molecule has 52 heavy (non-hydrogen) atoms. The number of hydrogen-bond donors (Lipinski definition) is 6. The van der Waals surface area contributed by atoms with E-state index in [1.54, 1.807) is 0 Å². The number of rotatable bonds is 33. The van der Waals surface area contributed by atoms with Crippen molar-refractivity contribution < 1.29 is 58.3 Å². The Morgan fingerprint density at radius 3 is 1.52 bits per heavy atom. The van der Waals surface area contributed by atoms with Crippen molar-refractivity contribution in [1.29, 1.82) is 0 Å². The smallest absolute Gasteiger partial charge is 0.457 e. The van der Waals surface area contributed by atoms with Gasteiger partial charge in [0.05, 0.1) is 13.2 Å². The molecule has 12 nitrogen and oxygen atoms in total. The van der Waals surface area contributed by atoms with Crippen molar-refractivity contribution in [3.63, 3.8) is 0 Å². The SMILES string of the molecule is CCCCC/C=C\CCCCCCCCOCC(COP(=O)(O)OC1C(O)C(O)C(O)C(O)C1O)OC(=O)CCCCCCC/C=C\CCCCC. The van der Waals surface area contributed by atoms with Crippen molar-refractivity contribution in [2.24, 2.45) is 0 Å². The maximum Gasteiger partial charge on any atom is 0.472 e. The highest BCUT2D eigenvalue weighted by atomic mass is 31.2. The van der Waals surface area contributed by atoms with Crippen molar-refractivity contribution in [2.75, 3.05) is 19.8 Å². The third-order valence-corrected chi connectivity index (χ3v) is 10.3. The lowest BCUT2D eigenvalue weighted by atomic mass is 9.85. The zero-order valence-electron chi connectivity index (χ0n) is 32.1. The van der Waals surface area contributed by atoms with Crippen molar-refractivity contribution in [2.45, 2.75) is 198 Å². The van der Waals surface area contributed by atoms with Gasteiger partial charge in [-0.2, -0.15) is 0 Å². The third kappa shape index (κ3) is 23.6. The third-order valence-electron chi connectivity index (χ3n) is 9.30. The molecule has 0 spiro atoms. The number of unbranched alkanes of at least 4 members (excludes halogenated alkanes) is 17. The summed E-state index contributed by atoms with van der Waals surface area (Å²) >= 11 is 0. The van der Waals surface area contributed by atoms with Crippen LogP contribution in [-0.2, 0) is 27.9 Å². The number of allylic oxidation sites excluding steroid dienone is 4. The van der Waals surface area contributed by atoms with E-state index in [9.17, 15) is 39.8 Å². The van der Waals surface area contributed by atoms with E-state index >= 15 is 0 Å². The minimum Gasteiger partial charge on any atom is -0.457 e. The quantitative estimate of drug-likeness (QED) is 0.0174. The predicted octanol–water partition coefficient (Wildman–Crippen LogP) is 6.97. The Bertz CT molecular complexity index is 963. The minimum absolute atomic E-state index is 0.0827. The largest absolute Gasteiger partial charge is 0.472 e. The summed E-state index contributed by atoms with van der Waals surface area (Å²) in [6.07, 6.45) is 19.7. The van der Waals surface area contributed by atoms with E-state index in [1.807, 2.05) is 0 Å². The molecule has 306 valence electrons. The second-order valence-electron chi connectivity index (χ2n) is 14.1. The highest BCUT2D eigenvalue weighted by Gasteiger charge is 2.51. The van der Waals surface area contributed by atoms with E-state index in [1.165, 1.54) is 57.8 Å². The lowest BCUT2D eigenvalue weighted by molar-refractivity contribution is -0.220. The molecule has 1 rings (SSSR count). The number of aliphatic hydroxyl groups excluding tert-OH is 5. The van der Waals surface area contributed by atoms with Gasteiger partial charge in [0.25, 0.3) is 0 Å². The maximum absolute atomic E-state index is 12.7. The van der Waals surface area contributed by atoms with Crippen LogP contribution in [0.1, 0.15) is 155 Å². The van der Waals surface area contributed by atoms with Gasteiger partial charge < -0.3 is 39.9 Å². The molecule has 0 aromatic carbocycles. The Kier molecular flexibility index (Phi) is 29.2. The first-order valence-electron chi connectivity index (χ1n) is 20.2. The van der Waals surface area contributed by atoms with Crippen LogP contribution in [0.25, 0.3) is 0 Å². The molecule has 1 aliphatic carbocycles. The van der Waals surface area contributed by atoms with Crippen molar-refractivity contribution in [3.8, 4) is 0 Å². The van der Waals surface area contributed by atoms with Crippen LogP contribution in [0.5, 0.6) is 0 Å². The van der Waals surface area contributed by atoms with Gasteiger partial charge in [0.2, 0.25) is 0 Å². The fraction of sp³-hybridized carbons (Fsp3) is 0.872. The number of ether oxygens (including phenoxy) is 2. The van der Waals surface area contributed by atoms with Gasteiger partial charge in [-0.25, -0.2) is 4.57 Å². The normalized spacial score (nSPS) is 24.1. The number of esters is 1. The summed E-state index contributed by atoms with van der Waals surface area (Å²) in [4.78, 5) is 23.0. The Balaban J connectivity index is 2.47. The lowest BCUT2D eigenvalue weighted by Crippen LogP contribution is -2.64. The van der Waals surface area contributed by atoms with Gasteiger partial charge in [0, 0.05) is 13.0 Å². The summed E-state index contributed by atoms with van der Waals surface area (Å²) in [6, 6.07) is 0. The van der Waals surface area contributed by atoms with Crippen LogP contribution in [0.2, 0.25) is 0 Å². The summed E-state index contributed by atoms with van der Waals surface area (Å²) < 4.78 is 34.0. The summed E-state index contributed by atoms with van der Waals surface area (Å²) in [5.41, 5.74) is 0. The molecule has 6 unspecified atom stereocenters. The lowest BCUT2D eigenvalue weighted by Gasteiger charge is -2.41. The molecule has 0 bridgehead atoms. The van der Waals surface area contributed by atoms with E-state index in [2.05, 4.69) is 38.2 Å². The topological polar surface area (TPSA) is 192 Å². The number of phosphoric ester groups is 1. The zero-order chi connectivity index (χ0) is 38.5. The first kappa shape index (κ1) is 48.8. The maximum atomic E-state index is 12.7. The van der Waals surface area contributed by atoms with Gasteiger partial charge >= 0.3 is 13.8 Å². The number of phosphoric acid groups is 1. The second-order valence-corrected chi connectivity index (χ2v) is 15.5. The van der Waals surface area contributed by atoms with Gasteiger partial charge in [-0.3, -0.25) is 13.8 Å². The van der Waals surface area contributed by atoms with Crippen molar-refractivity contribution in [3.05, 3.63) is 24.3 Å². The molecule has 1 saturated carbocycles. The Morgan fingerprint density at radius 1 is 0.596 bits per heavy atom. The molecule has 6 N–H and O–H groups in total.